The molecule has 3 heterocycles. The van der Waals surface area contributed by atoms with Crippen LogP contribution >= 0.6 is 22.9 Å². The molecular weight excluding hydrogens is 428 g/mol. The van der Waals surface area contributed by atoms with Crippen LogP contribution in [0, 0.1) is 6.92 Å². The number of hydrogen-bond acceptors (Lipinski definition) is 9. The number of pyridine rings is 2. The van der Waals surface area contributed by atoms with Crippen molar-refractivity contribution >= 4 is 56.5 Å². The van der Waals surface area contributed by atoms with Crippen LogP contribution in [0.5, 0.6) is 0 Å². The molecule has 1 unspecified atom stereocenters. The summed E-state index contributed by atoms with van der Waals surface area (Å²) in [5.41, 5.74) is 7.64. The summed E-state index contributed by atoms with van der Waals surface area (Å²) in [4.78, 5) is 26.4. The number of fused-ring (bicyclic) bond motifs is 1. The Balaban J connectivity index is 1.83. The molecule has 6 N–H and O–H groups in total. The summed E-state index contributed by atoms with van der Waals surface area (Å²) in [6, 6.07) is 1.03. The number of amides is 2. The molecule has 3 rings (SSSR count). The minimum Gasteiger partial charge on any atom is -0.403 e. The SMILES string of the molecule is COC(C)c1c(NC(=O)Nc2cnc(N(N)/C=C\N)c(Cl)c2)cnc2sc(C)nc12. The standard InChI is InChI=1S/C18H21ClN8O2S/c1-9(29-3)14-13(8-23-17-15(14)24-10(2)30-17)26-18(28)25-11-6-12(19)16(22-7-11)27(21)5-4-20/h4-9H,20-21H2,1-3H3,(H2,25,26,28)/b5-4-. The number of carbonyl (C=O) groups is 1. The number of nitrogens with two attached hydrogens (primary N) is 2. The molecule has 158 valence electrons. The van der Waals surface area contributed by atoms with Crippen molar-refractivity contribution in [3.05, 3.63) is 46.5 Å². The van der Waals surface area contributed by atoms with E-state index in [0.717, 1.165) is 15.4 Å². The van der Waals surface area contributed by atoms with Gasteiger partial charge in [-0.05, 0) is 19.9 Å². The number of aromatic nitrogens is 3. The van der Waals surface area contributed by atoms with Crippen LogP contribution in [0.3, 0.4) is 0 Å². The molecule has 0 saturated heterocycles. The summed E-state index contributed by atoms with van der Waals surface area (Å²) in [6.45, 7) is 3.78. The van der Waals surface area contributed by atoms with E-state index in [9.17, 15) is 4.79 Å². The van der Waals surface area contributed by atoms with E-state index in [1.54, 1.807) is 13.3 Å². The number of aryl methyl sites for hydroxylation is 1. The summed E-state index contributed by atoms with van der Waals surface area (Å²) < 4.78 is 5.47. The Morgan fingerprint density at radius 2 is 2.13 bits per heavy atom. The molecule has 0 spiro atoms. The first-order valence-corrected chi connectivity index (χ1v) is 9.98. The number of thiazole rings is 1. The molecule has 1 atom stereocenters. The highest BCUT2D eigenvalue weighted by Gasteiger charge is 2.20. The Kier molecular flexibility index (Phi) is 6.67. The van der Waals surface area contributed by atoms with Crippen LogP contribution in [0.15, 0.2) is 30.9 Å². The van der Waals surface area contributed by atoms with Gasteiger partial charge in [-0.15, -0.1) is 0 Å². The first-order valence-electron chi connectivity index (χ1n) is 8.78. The zero-order valence-electron chi connectivity index (χ0n) is 16.5. The second-order valence-electron chi connectivity index (χ2n) is 6.21. The van der Waals surface area contributed by atoms with E-state index in [2.05, 4.69) is 25.6 Å². The second kappa shape index (κ2) is 9.22. The molecule has 3 aromatic rings. The molecule has 0 aromatic carbocycles. The predicted molar refractivity (Wildman–Crippen MR) is 119 cm³/mol. The van der Waals surface area contributed by atoms with E-state index in [1.807, 2.05) is 13.8 Å². The van der Waals surface area contributed by atoms with Crippen molar-refractivity contribution < 1.29 is 9.53 Å². The minimum atomic E-state index is -0.496. The summed E-state index contributed by atoms with van der Waals surface area (Å²) in [6.07, 6.45) is 5.37. The van der Waals surface area contributed by atoms with Crippen molar-refractivity contribution in [3.63, 3.8) is 0 Å². The van der Waals surface area contributed by atoms with Gasteiger partial charge in [-0.3, -0.25) is 5.01 Å². The van der Waals surface area contributed by atoms with Crippen LogP contribution in [-0.4, -0.2) is 28.1 Å². The fourth-order valence-corrected chi connectivity index (χ4v) is 3.80. The van der Waals surface area contributed by atoms with Crippen molar-refractivity contribution in [2.24, 2.45) is 11.6 Å². The summed E-state index contributed by atoms with van der Waals surface area (Å²) in [5, 5.41) is 7.76. The summed E-state index contributed by atoms with van der Waals surface area (Å²) in [5.74, 6) is 6.05. The number of hydrazine groups is 1. The molecule has 0 saturated carbocycles. The van der Waals surface area contributed by atoms with Crippen molar-refractivity contribution in [1.29, 1.82) is 0 Å². The average molecular weight is 449 g/mol. The molecule has 0 aliphatic carbocycles. The molecule has 2 amide bonds. The van der Waals surface area contributed by atoms with Gasteiger partial charge in [-0.25, -0.2) is 25.6 Å². The van der Waals surface area contributed by atoms with Crippen molar-refractivity contribution in [3.8, 4) is 0 Å². The first kappa shape index (κ1) is 21.7. The predicted octanol–water partition coefficient (Wildman–Crippen LogP) is 3.51. The Bertz CT molecular complexity index is 1100. The molecule has 3 aromatic heterocycles. The molecule has 0 aliphatic heterocycles. The zero-order valence-corrected chi connectivity index (χ0v) is 18.1. The third-order valence-electron chi connectivity index (χ3n) is 4.15. The average Bonchev–Trinajstić information content (AvgIpc) is 3.07. The highest BCUT2D eigenvalue weighted by molar-refractivity contribution is 7.18. The number of methoxy groups -OCH3 is 1. The fourth-order valence-electron chi connectivity index (χ4n) is 2.77. The van der Waals surface area contributed by atoms with Crippen molar-refractivity contribution in [2.45, 2.75) is 20.0 Å². The highest BCUT2D eigenvalue weighted by Crippen LogP contribution is 2.33. The van der Waals surface area contributed by atoms with Crippen LogP contribution < -0.4 is 27.2 Å². The molecule has 0 fully saturated rings. The third-order valence-corrected chi connectivity index (χ3v) is 5.31. The third kappa shape index (κ3) is 4.60. The maximum absolute atomic E-state index is 12.6. The number of nitrogens with one attached hydrogen (secondary N) is 2. The van der Waals surface area contributed by atoms with E-state index < -0.39 is 6.03 Å². The zero-order chi connectivity index (χ0) is 21.8. The van der Waals surface area contributed by atoms with Crippen LogP contribution in [0.1, 0.15) is 23.6 Å². The molecule has 0 aliphatic rings. The minimum absolute atomic E-state index is 0.239. The van der Waals surface area contributed by atoms with E-state index in [-0.39, 0.29) is 16.9 Å². The van der Waals surface area contributed by atoms with Gasteiger partial charge in [0.2, 0.25) is 0 Å². The van der Waals surface area contributed by atoms with E-state index in [1.165, 1.54) is 41.0 Å². The van der Waals surface area contributed by atoms with Gasteiger partial charge >= 0.3 is 6.03 Å². The number of hydrogen-bond donors (Lipinski definition) is 4. The second-order valence-corrected chi connectivity index (χ2v) is 7.80. The Hall–Kier alpha value is -2.99. The van der Waals surface area contributed by atoms with Gasteiger partial charge in [0.05, 0.1) is 39.9 Å². The molecular formula is C18H21ClN8O2S. The Morgan fingerprint density at radius 3 is 2.80 bits per heavy atom. The molecule has 10 nitrogen and oxygen atoms in total. The maximum Gasteiger partial charge on any atom is 0.323 e. The lowest BCUT2D eigenvalue weighted by Crippen LogP contribution is -2.26. The van der Waals surface area contributed by atoms with Gasteiger partial charge < -0.3 is 21.1 Å². The van der Waals surface area contributed by atoms with Crippen LogP contribution in [0.25, 0.3) is 10.3 Å². The molecule has 0 radical (unpaired) electrons. The number of halogens is 1. The topological polar surface area (TPSA) is 144 Å². The number of ether oxygens (including phenoxy) is 1. The lowest BCUT2D eigenvalue weighted by molar-refractivity contribution is 0.121. The quantitative estimate of drug-likeness (QED) is 0.331. The van der Waals surface area contributed by atoms with Crippen LogP contribution in [0.4, 0.5) is 22.0 Å². The molecule has 12 heteroatoms. The lowest BCUT2D eigenvalue weighted by atomic mass is 10.1. The fraction of sp³-hybridized carbons (Fsp3) is 0.222. The van der Waals surface area contributed by atoms with Crippen molar-refractivity contribution in [1.82, 2.24) is 15.0 Å². The molecule has 30 heavy (non-hydrogen) atoms. The van der Waals surface area contributed by atoms with Gasteiger partial charge in [0.1, 0.15) is 10.3 Å². The largest absolute Gasteiger partial charge is 0.403 e. The van der Waals surface area contributed by atoms with Gasteiger partial charge in [0.15, 0.2) is 5.82 Å². The Morgan fingerprint density at radius 1 is 1.37 bits per heavy atom. The molecule has 0 bridgehead atoms. The smallest absolute Gasteiger partial charge is 0.323 e. The summed E-state index contributed by atoms with van der Waals surface area (Å²) in [7, 11) is 1.59. The maximum atomic E-state index is 12.6. The number of urea groups is 1. The summed E-state index contributed by atoms with van der Waals surface area (Å²) >= 11 is 7.67. The highest BCUT2D eigenvalue weighted by atomic mass is 35.5. The van der Waals surface area contributed by atoms with Gasteiger partial charge in [-0.1, -0.05) is 22.9 Å². The van der Waals surface area contributed by atoms with E-state index in [0.29, 0.717) is 16.9 Å². The van der Waals surface area contributed by atoms with Gasteiger partial charge in [-0.2, -0.15) is 0 Å². The number of carbonyl (C=O) groups excluding carboxylic acids is 1. The Labute approximate surface area is 181 Å². The van der Waals surface area contributed by atoms with E-state index >= 15 is 0 Å². The number of anilines is 3. The van der Waals surface area contributed by atoms with Crippen LogP contribution in [-0.2, 0) is 4.74 Å². The monoisotopic (exact) mass is 448 g/mol. The first-order chi connectivity index (χ1) is 14.3. The van der Waals surface area contributed by atoms with Crippen molar-refractivity contribution in [2.75, 3.05) is 22.8 Å². The normalized spacial score (nSPS) is 12.3. The van der Waals surface area contributed by atoms with Gasteiger partial charge in [0, 0.05) is 25.1 Å². The van der Waals surface area contributed by atoms with Gasteiger partial charge in [0.25, 0.3) is 0 Å². The number of rotatable bonds is 6. The number of nitrogens with zero attached hydrogens (tertiary/aromatic N) is 4. The van der Waals surface area contributed by atoms with E-state index in [4.69, 9.17) is 27.9 Å². The van der Waals surface area contributed by atoms with Crippen LogP contribution in [0.2, 0.25) is 5.02 Å². The lowest BCUT2D eigenvalue weighted by Gasteiger charge is -2.17.